The number of nitrogens with zero attached hydrogens (tertiary/aromatic N) is 2. The van der Waals surface area contributed by atoms with Gasteiger partial charge in [-0.05, 0) is 138 Å². The average Bonchev–Trinajstić information content (AvgIpc) is 4.31. The standard InChI is InChI=1S/C73H54N2/c1-71(2)59-32-16-13-28-56(59)68-62(71)35-20-38-66(68)75(50-42-40-48(41-43-50)47-22-7-5-8-23-47)67-39-19-30-55-53-27-12-17-33-60(53)73(70(55)67)61-34-18-14-29-57(61)69-63(73)36-21-37-65(69)74(49-24-9-6-10-25-49)51-44-45-54-52-26-11-15-31-58(52)72(3,4)64(54)46-51/h5-46H,1-4H3. The van der Waals surface area contributed by atoms with Crippen LogP contribution in [0, 0.1) is 0 Å². The van der Waals surface area contributed by atoms with Gasteiger partial charge >= 0.3 is 0 Å². The molecule has 1 unspecified atom stereocenters. The first kappa shape index (κ1) is 43.6. The van der Waals surface area contributed by atoms with Crippen molar-refractivity contribution in [3.05, 3.63) is 299 Å². The van der Waals surface area contributed by atoms with E-state index in [0.717, 1.165) is 22.7 Å². The SMILES string of the molecule is CC1(C)c2ccccc2-c2ccc(N(c3ccccc3)c3cccc4c3-c3ccccc3C43c4ccccc4-c4cccc(N(c5ccc(-c6ccccc6)cc5)c5cccc6c5-c5ccccc5C6(C)C)c43)cc21. The number of benzene rings is 11. The minimum absolute atomic E-state index is 0.155. The van der Waals surface area contributed by atoms with E-state index in [1.807, 2.05) is 0 Å². The molecule has 0 saturated carbocycles. The van der Waals surface area contributed by atoms with Crippen molar-refractivity contribution in [2.24, 2.45) is 0 Å². The number of para-hydroxylation sites is 1. The average molecular weight is 959 g/mol. The fourth-order valence-corrected chi connectivity index (χ4v) is 14.2. The van der Waals surface area contributed by atoms with Crippen LogP contribution in [0.1, 0.15) is 72.2 Å². The van der Waals surface area contributed by atoms with Crippen LogP contribution in [0.25, 0.3) is 55.6 Å². The third-order valence-electron chi connectivity index (χ3n) is 17.5. The summed E-state index contributed by atoms with van der Waals surface area (Å²) in [6, 6.07) is 95.9. The van der Waals surface area contributed by atoms with Crippen LogP contribution in [-0.2, 0) is 16.2 Å². The molecule has 0 saturated heterocycles. The highest BCUT2D eigenvalue weighted by Gasteiger charge is 2.54. The molecule has 0 aromatic heterocycles. The van der Waals surface area contributed by atoms with E-state index in [9.17, 15) is 0 Å². The molecule has 1 spiro atoms. The first-order valence-corrected chi connectivity index (χ1v) is 26.5. The van der Waals surface area contributed by atoms with Gasteiger partial charge in [0.2, 0.25) is 0 Å². The van der Waals surface area contributed by atoms with Gasteiger partial charge in [-0.15, -0.1) is 0 Å². The molecule has 11 aromatic carbocycles. The monoisotopic (exact) mass is 958 g/mol. The molecule has 11 aromatic rings. The van der Waals surface area contributed by atoms with Crippen molar-refractivity contribution < 1.29 is 0 Å². The molecule has 0 radical (unpaired) electrons. The van der Waals surface area contributed by atoms with Gasteiger partial charge in [0.25, 0.3) is 0 Å². The second-order valence-electron chi connectivity index (χ2n) is 21.9. The van der Waals surface area contributed by atoms with Crippen molar-refractivity contribution in [3.8, 4) is 55.6 Å². The Kier molecular flexibility index (Phi) is 9.30. The number of hydrogen-bond donors (Lipinski definition) is 0. The summed E-state index contributed by atoms with van der Waals surface area (Å²) in [5.74, 6) is 0. The smallest absolute Gasteiger partial charge is 0.0746 e. The molecule has 0 heterocycles. The lowest BCUT2D eigenvalue weighted by Crippen LogP contribution is -2.28. The zero-order valence-electron chi connectivity index (χ0n) is 42.6. The van der Waals surface area contributed by atoms with Gasteiger partial charge in [-0.3, -0.25) is 0 Å². The zero-order chi connectivity index (χ0) is 50.2. The molecule has 15 rings (SSSR count). The summed E-state index contributed by atoms with van der Waals surface area (Å²) in [4.78, 5) is 5.12. The number of fused-ring (bicyclic) bond motifs is 16. The first-order chi connectivity index (χ1) is 36.8. The highest BCUT2D eigenvalue weighted by atomic mass is 15.2. The van der Waals surface area contributed by atoms with Crippen LogP contribution in [-0.4, -0.2) is 0 Å². The van der Waals surface area contributed by atoms with E-state index in [1.165, 1.54) is 112 Å². The van der Waals surface area contributed by atoms with Gasteiger partial charge in [-0.25, -0.2) is 0 Å². The Bertz CT molecular complexity index is 4130. The van der Waals surface area contributed by atoms with E-state index >= 15 is 0 Å². The summed E-state index contributed by atoms with van der Waals surface area (Å²) in [5, 5.41) is 0. The molecule has 0 fully saturated rings. The van der Waals surface area contributed by atoms with Gasteiger partial charge < -0.3 is 9.80 Å². The maximum Gasteiger partial charge on any atom is 0.0746 e. The number of hydrogen-bond acceptors (Lipinski definition) is 2. The van der Waals surface area contributed by atoms with Crippen LogP contribution in [0.3, 0.4) is 0 Å². The highest BCUT2D eigenvalue weighted by Crippen LogP contribution is 2.68. The molecule has 0 amide bonds. The third kappa shape index (κ3) is 5.97. The molecule has 0 N–H and O–H groups in total. The van der Waals surface area contributed by atoms with Gasteiger partial charge in [0.15, 0.2) is 0 Å². The molecule has 2 heteroatoms. The molecule has 356 valence electrons. The fourth-order valence-electron chi connectivity index (χ4n) is 14.2. The molecule has 0 aliphatic heterocycles. The Balaban J connectivity index is 1.01. The summed E-state index contributed by atoms with van der Waals surface area (Å²) in [5.41, 5.74) is 29.2. The van der Waals surface area contributed by atoms with Crippen LogP contribution in [0.4, 0.5) is 34.1 Å². The van der Waals surface area contributed by atoms with Gasteiger partial charge in [0.1, 0.15) is 0 Å². The maximum absolute atomic E-state index is 2.60. The molecule has 4 aliphatic rings. The van der Waals surface area contributed by atoms with E-state index < -0.39 is 5.41 Å². The Hall–Kier alpha value is -8.98. The van der Waals surface area contributed by atoms with Crippen LogP contribution >= 0.6 is 0 Å². The Morgan fingerprint density at radius 3 is 1.36 bits per heavy atom. The van der Waals surface area contributed by atoms with E-state index in [2.05, 4.69) is 292 Å². The zero-order valence-corrected chi connectivity index (χ0v) is 42.6. The van der Waals surface area contributed by atoms with Crippen molar-refractivity contribution in [2.45, 2.75) is 43.9 Å². The van der Waals surface area contributed by atoms with Crippen LogP contribution in [0.5, 0.6) is 0 Å². The first-order valence-electron chi connectivity index (χ1n) is 26.5. The second kappa shape index (κ2) is 16.0. The van der Waals surface area contributed by atoms with Crippen LogP contribution in [0.15, 0.2) is 255 Å². The van der Waals surface area contributed by atoms with Gasteiger partial charge in [0, 0.05) is 44.6 Å². The summed E-state index contributed by atoms with van der Waals surface area (Å²) < 4.78 is 0. The van der Waals surface area contributed by atoms with Crippen molar-refractivity contribution >= 4 is 34.1 Å². The van der Waals surface area contributed by atoms with Gasteiger partial charge in [0.05, 0.1) is 22.5 Å². The third-order valence-corrected chi connectivity index (χ3v) is 17.5. The molecule has 1 atom stereocenters. The minimum Gasteiger partial charge on any atom is -0.310 e. The van der Waals surface area contributed by atoms with Crippen LogP contribution < -0.4 is 9.80 Å². The number of rotatable bonds is 7. The maximum atomic E-state index is 2.60. The lowest BCUT2D eigenvalue weighted by atomic mass is 9.70. The molecular weight excluding hydrogens is 905 g/mol. The van der Waals surface area contributed by atoms with E-state index in [1.54, 1.807) is 0 Å². The lowest BCUT2D eigenvalue weighted by molar-refractivity contribution is 0.660. The predicted molar refractivity (Wildman–Crippen MR) is 313 cm³/mol. The Morgan fingerprint density at radius 1 is 0.253 bits per heavy atom. The molecule has 4 aliphatic carbocycles. The quantitative estimate of drug-likeness (QED) is 0.157. The van der Waals surface area contributed by atoms with Crippen molar-refractivity contribution in [1.29, 1.82) is 0 Å². The second-order valence-corrected chi connectivity index (χ2v) is 21.9. The Morgan fingerprint density at radius 2 is 0.667 bits per heavy atom. The van der Waals surface area contributed by atoms with Gasteiger partial charge in [-0.2, -0.15) is 0 Å². The van der Waals surface area contributed by atoms with E-state index in [-0.39, 0.29) is 10.8 Å². The molecule has 2 nitrogen and oxygen atoms in total. The minimum atomic E-state index is -0.675. The van der Waals surface area contributed by atoms with E-state index in [4.69, 9.17) is 0 Å². The largest absolute Gasteiger partial charge is 0.310 e. The fraction of sp³-hybridized carbons (Fsp3) is 0.0959. The molecular formula is C73H54N2. The van der Waals surface area contributed by atoms with Crippen molar-refractivity contribution in [3.63, 3.8) is 0 Å². The summed E-state index contributed by atoms with van der Waals surface area (Å²) in [6.07, 6.45) is 0. The highest BCUT2D eigenvalue weighted by molar-refractivity contribution is 6.05. The molecule has 75 heavy (non-hydrogen) atoms. The number of anilines is 6. The summed E-state index contributed by atoms with van der Waals surface area (Å²) >= 11 is 0. The van der Waals surface area contributed by atoms with E-state index in [0.29, 0.717) is 0 Å². The normalized spacial score (nSPS) is 16.0. The molecule has 0 bridgehead atoms. The lowest BCUT2D eigenvalue weighted by Gasteiger charge is -2.37. The summed E-state index contributed by atoms with van der Waals surface area (Å²) in [6.45, 7) is 9.53. The van der Waals surface area contributed by atoms with Gasteiger partial charge in [-0.1, -0.05) is 228 Å². The predicted octanol–water partition coefficient (Wildman–Crippen LogP) is 19.2. The summed E-state index contributed by atoms with van der Waals surface area (Å²) in [7, 11) is 0. The van der Waals surface area contributed by atoms with Crippen molar-refractivity contribution in [2.75, 3.05) is 9.80 Å². The van der Waals surface area contributed by atoms with Crippen LogP contribution in [0.2, 0.25) is 0 Å². The Labute approximate surface area is 440 Å². The topological polar surface area (TPSA) is 6.48 Å². The van der Waals surface area contributed by atoms with Crippen molar-refractivity contribution in [1.82, 2.24) is 0 Å².